The van der Waals surface area contributed by atoms with Gasteiger partial charge in [-0.15, -0.1) is 0 Å². The van der Waals surface area contributed by atoms with Crippen molar-refractivity contribution in [2.75, 3.05) is 0 Å². The lowest BCUT2D eigenvalue weighted by Crippen LogP contribution is -2.17. The van der Waals surface area contributed by atoms with Gasteiger partial charge in [0, 0.05) is 19.4 Å². The normalized spacial score (nSPS) is 12.1. The molecule has 23 heavy (non-hydrogen) atoms. The molecule has 0 saturated heterocycles. The molecule has 0 aliphatic rings. The van der Waals surface area contributed by atoms with E-state index in [1.165, 1.54) is 5.56 Å². The van der Waals surface area contributed by atoms with E-state index >= 15 is 0 Å². The van der Waals surface area contributed by atoms with Gasteiger partial charge >= 0.3 is 0 Å². The van der Waals surface area contributed by atoms with Crippen LogP contribution in [0.25, 0.3) is 0 Å². The van der Waals surface area contributed by atoms with E-state index in [2.05, 4.69) is 29.2 Å². The molecule has 1 heterocycles. The maximum Gasteiger partial charge on any atom is 0.125 e. The van der Waals surface area contributed by atoms with E-state index in [9.17, 15) is 0 Å². The van der Waals surface area contributed by atoms with Crippen LogP contribution in [-0.4, -0.2) is 9.55 Å². The van der Waals surface area contributed by atoms with E-state index in [4.69, 9.17) is 10.5 Å². The Morgan fingerprint density at radius 3 is 2.43 bits per heavy atom. The molecular formula is C19H21N3O. The van der Waals surface area contributed by atoms with Crippen LogP contribution in [0.3, 0.4) is 0 Å². The van der Waals surface area contributed by atoms with Gasteiger partial charge in [0.25, 0.3) is 0 Å². The van der Waals surface area contributed by atoms with E-state index in [1.54, 1.807) is 6.20 Å². The van der Waals surface area contributed by atoms with Crippen LogP contribution in [0.4, 0.5) is 0 Å². The van der Waals surface area contributed by atoms with Crippen LogP contribution >= 0.6 is 0 Å². The zero-order valence-electron chi connectivity index (χ0n) is 13.2. The standard InChI is InChI=1S/C19H21N3O/c1-22-12-11-21-19(22)18(20)13-15-7-9-17(10-8-15)23-14-16-5-3-2-4-6-16/h2-12,18H,13-14,20H2,1H3/t18-/m0/s1. The van der Waals surface area contributed by atoms with Crippen LogP contribution in [-0.2, 0) is 20.1 Å². The van der Waals surface area contributed by atoms with Crippen molar-refractivity contribution < 1.29 is 4.74 Å². The molecule has 0 fully saturated rings. The summed E-state index contributed by atoms with van der Waals surface area (Å²) in [6.07, 6.45) is 4.44. The van der Waals surface area contributed by atoms with Gasteiger partial charge in [-0.05, 0) is 29.7 Å². The second kappa shape index (κ2) is 7.11. The maximum absolute atomic E-state index is 6.23. The number of hydrogen-bond donors (Lipinski definition) is 1. The van der Waals surface area contributed by atoms with E-state index in [0.717, 1.165) is 23.6 Å². The summed E-state index contributed by atoms with van der Waals surface area (Å²) >= 11 is 0. The predicted octanol–water partition coefficient (Wildman–Crippen LogP) is 3.24. The highest BCUT2D eigenvalue weighted by atomic mass is 16.5. The molecule has 0 radical (unpaired) electrons. The lowest BCUT2D eigenvalue weighted by molar-refractivity contribution is 0.306. The third kappa shape index (κ3) is 3.99. The number of rotatable bonds is 6. The Labute approximate surface area is 136 Å². The highest BCUT2D eigenvalue weighted by molar-refractivity contribution is 5.28. The molecule has 4 nitrogen and oxygen atoms in total. The van der Waals surface area contributed by atoms with Crippen LogP contribution < -0.4 is 10.5 Å². The van der Waals surface area contributed by atoms with Crippen LogP contribution in [0.5, 0.6) is 5.75 Å². The fraction of sp³-hybridized carbons (Fsp3) is 0.211. The number of aryl methyl sites for hydroxylation is 1. The molecule has 0 bridgehead atoms. The van der Waals surface area contributed by atoms with Crippen LogP contribution in [0.2, 0.25) is 0 Å². The van der Waals surface area contributed by atoms with Crippen LogP contribution in [0, 0.1) is 0 Å². The molecule has 0 spiro atoms. The summed E-state index contributed by atoms with van der Waals surface area (Å²) in [6, 6.07) is 18.1. The Morgan fingerprint density at radius 1 is 1.04 bits per heavy atom. The zero-order chi connectivity index (χ0) is 16.1. The van der Waals surface area contributed by atoms with Crippen molar-refractivity contribution >= 4 is 0 Å². The minimum Gasteiger partial charge on any atom is -0.489 e. The minimum atomic E-state index is -0.105. The van der Waals surface area contributed by atoms with Crippen LogP contribution in [0.1, 0.15) is 23.0 Å². The predicted molar refractivity (Wildman–Crippen MR) is 91.1 cm³/mol. The summed E-state index contributed by atoms with van der Waals surface area (Å²) in [7, 11) is 1.96. The maximum atomic E-state index is 6.23. The largest absolute Gasteiger partial charge is 0.489 e. The van der Waals surface area contributed by atoms with Gasteiger partial charge in [0.05, 0.1) is 6.04 Å². The van der Waals surface area contributed by atoms with E-state index in [0.29, 0.717) is 6.61 Å². The van der Waals surface area contributed by atoms with Gasteiger partial charge in [0.15, 0.2) is 0 Å². The van der Waals surface area contributed by atoms with Gasteiger partial charge in [-0.1, -0.05) is 42.5 Å². The average Bonchev–Trinajstić information content (AvgIpc) is 3.01. The Bertz CT molecular complexity index is 735. The highest BCUT2D eigenvalue weighted by Crippen LogP contribution is 2.18. The Balaban J connectivity index is 1.58. The number of imidazole rings is 1. The number of nitrogens with zero attached hydrogens (tertiary/aromatic N) is 2. The monoisotopic (exact) mass is 307 g/mol. The lowest BCUT2D eigenvalue weighted by atomic mass is 10.1. The summed E-state index contributed by atoms with van der Waals surface area (Å²) in [6.45, 7) is 0.576. The molecule has 0 aliphatic carbocycles. The van der Waals surface area contributed by atoms with Gasteiger partial charge in [0.1, 0.15) is 18.2 Å². The molecule has 118 valence electrons. The Morgan fingerprint density at radius 2 is 1.78 bits per heavy atom. The molecule has 1 aromatic heterocycles. The summed E-state index contributed by atoms with van der Waals surface area (Å²) in [5, 5.41) is 0. The molecule has 1 atom stereocenters. The quantitative estimate of drug-likeness (QED) is 0.760. The fourth-order valence-corrected chi connectivity index (χ4v) is 2.54. The number of ether oxygens (including phenoxy) is 1. The first-order chi connectivity index (χ1) is 11.2. The van der Waals surface area contributed by atoms with Crippen molar-refractivity contribution in [3.05, 3.63) is 83.9 Å². The summed E-state index contributed by atoms with van der Waals surface area (Å²) in [4.78, 5) is 4.31. The van der Waals surface area contributed by atoms with Gasteiger partial charge in [0.2, 0.25) is 0 Å². The van der Waals surface area contributed by atoms with Gasteiger partial charge in [-0.25, -0.2) is 4.98 Å². The second-order valence-electron chi connectivity index (χ2n) is 5.63. The van der Waals surface area contributed by atoms with Crippen molar-refractivity contribution in [1.82, 2.24) is 9.55 Å². The molecule has 2 aromatic carbocycles. The molecule has 3 rings (SSSR count). The minimum absolute atomic E-state index is 0.105. The Hall–Kier alpha value is -2.59. The van der Waals surface area contributed by atoms with Crippen molar-refractivity contribution in [3.8, 4) is 5.75 Å². The molecule has 2 N–H and O–H groups in total. The van der Waals surface area contributed by atoms with Gasteiger partial charge < -0.3 is 15.0 Å². The first kappa shape index (κ1) is 15.3. The third-order valence-electron chi connectivity index (χ3n) is 3.82. The average molecular weight is 307 g/mol. The molecule has 4 heteroatoms. The van der Waals surface area contributed by atoms with Gasteiger partial charge in [-0.3, -0.25) is 0 Å². The molecule has 0 saturated carbocycles. The lowest BCUT2D eigenvalue weighted by Gasteiger charge is -2.12. The van der Waals surface area contributed by atoms with E-state index < -0.39 is 0 Å². The van der Waals surface area contributed by atoms with Crippen molar-refractivity contribution in [1.29, 1.82) is 0 Å². The van der Waals surface area contributed by atoms with E-state index in [-0.39, 0.29) is 6.04 Å². The van der Waals surface area contributed by atoms with Crippen molar-refractivity contribution in [3.63, 3.8) is 0 Å². The van der Waals surface area contributed by atoms with Crippen molar-refractivity contribution in [2.24, 2.45) is 12.8 Å². The molecular weight excluding hydrogens is 286 g/mol. The summed E-state index contributed by atoms with van der Waals surface area (Å²) < 4.78 is 7.76. The first-order valence-electron chi connectivity index (χ1n) is 7.71. The highest BCUT2D eigenvalue weighted by Gasteiger charge is 2.11. The molecule has 3 aromatic rings. The van der Waals surface area contributed by atoms with Crippen molar-refractivity contribution in [2.45, 2.75) is 19.1 Å². The number of aromatic nitrogens is 2. The SMILES string of the molecule is Cn1ccnc1[C@@H](N)Cc1ccc(OCc2ccccc2)cc1. The molecule has 0 unspecified atom stereocenters. The van der Waals surface area contributed by atoms with Gasteiger partial charge in [-0.2, -0.15) is 0 Å². The number of nitrogens with two attached hydrogens (primary N) is 1. The van der Waals surface area contributed by atoms with E-state index in [1.807, 2.05) is 48.1 Å². The number of hydrogen-bond acceptors (Lipinski definition) is 3. The zero-order valence-corrected chi connectivity index (χ0v) is 13.2. The smallest absolute Gasteiger partial charge is 0.125 e. The fourth-order valence-electron chi connectivity index (χ4n) is 2.54. The topological polar surface area (TPSA) is 53.1 Å². The molecule has 0 aliphatic heterocycles. The second-order valence-corrected chi connectivity index (χ2v) is 5.63. The summed E-state index contributed by atoms with van der Waals surface area (Å²) in [5.74, 6) is 1.76. The number of benzene rings is 2. The first-order valence-corrected chi connectivity index (χ1v) is 7.71. The summed E-state index contributed by atoms with van der Waals surface area (Å²) in [5.41, 5.74) is 8.56. The Kier molecular flexibility index (Phi) is 4.74. The molecule has 0 amide bonds. The third-order valence-corrected chi connectivity index (χ3v) is 3.82. The van der Waals surface area contributed by atoms with Crippen LogP contribution in [0.15, 0.2) is 67.0 Å².